The lowest BCUT2D eigenvalue weighted by Gasteiger charge is -2.27. The van der Waals surface area contributed by atoms with Crippen LogP contribution in [0.2, 0.25) is 0 Å². The zero-order valence-corrected chi connectivity index (χ0v) is 13.4. The number of hydrogen-bond acceptors (Lipinski definition) is 4. The number of aryl methyl sites for hydroxylation is 1. The Balaban J connectivity index is 1.69. The highest BCUT2D eigenvalue weighted by molar-refractivity contribution is 5.94. The van der Waals surface area contributed by atoms with Crippen molar-refractivity contribution in [3.05, 3.63) is 53.7 Å². The average Bonchev–Trinajstić information content (AvgIpc) is 3.28. The second-order valence-corrected chi connectivity index (χ2v) is 5.75. The molecule has 122 valence electrons. The molecule has 0 aliphatic carbocycles. The van der Waals surface area contributed by atoms with Crippen molar-refractivity contribution in [3.63, 3.8) is 0 Å². The highest BCUT2D eigenvalue weighted by Crippen LogP contribution is 2.28. The molecule has 4 heterocycles. The van der Waals surface area contributed by atoms with Crippen molar-refractivity contribution in [2.75, 3.05) is 6.54 Å². The van der Waals surface area contributed by atoms with Gasteiger partial charge in [0.1, 0.15) is 5.69 Å². The van der Waals surface area contributed by atoms with Crippen LogP contribution in [-0.4, -0.2) is 42.1 Å². The lowest BCUT2D eigenvalue weighted by molar-refractivity contribution is 0.0733. The third kappa shape index (κ3) is 2.38. The van der Waals surface area contributed by atoms with E-state index in [0.29, 0.717) is 18.7 Å². The van der Waals surface area contributed by atoms with Gasteiger partial charge in [0, 0.05) is 55.6 Å². The zero-order chi connectivity index (χ0) is 16.5. The number of fused-ring (bicyclic) bond motifs is 1. The molecule has 1 aliphatic rings. The van der Waals surface area contributed by atoms with E-state index in [0.717, 1.165) is 30.0 Å². The van der Waals surface area contributed by atoms with E-state index < -0.39 is 0 Å². The maximum Gasteiger partial charge on any atom is 0.255 e. The van der Waals surface area contributed by atoms with Gasteiger partial charge in [0.25, 0.3) is 5.91 Å². The Morgan fingerprint density at radius 3 is 3.00 bits per heavy atom. The monoisotopic (exact) mass is 322 g/mol. The number of aromatic nitrogens is 5. The number of nitrogens with one attached hydrogen (secondary N) is 1. The standard InChI is InChI=1S/C17H18N6O/c1-2-23-14-5-9-22(17(24)12-4-3-6-18-10-12)11-13(14)15(21-23)16-19-7-8-20-16/h3-4,6-8,10H,2,5,9,11H2,1H3,(H,19,20). The van der Waals surface area contributed by atoms with Gasteiger partial charge in [0.15, 0.2) is 5.82 Å². The molecule has 0 aromatic carbocycles. The van der Waals surface area contributed by atoms with Crippen molar-refractivity contribution in [1.29, 1.82) is 0 Å². The van der Waals surface area contributed by atoms with E-state index in [9.17, 15) is 4.79 Å². The van der Waals surface area contributed by atoms with Crippen LogP contribution in [0.5, 0.6) is 0 Å². The molecule has 1 N–H and O–H groups in total. The second-order valence-electron chi connectivity index (χ2n) is 5.75. The number of amides is 1. The lowest BCUT2D eigenvalue weighted by atomic mass is 10.0. The Labute approximate surface area is 139 Å². The summed E-state index contributed by atoms with van der Waals surface area (Å²) in [6, 6.07) is 3.58. The Morgan fingerprint density at radius 1 is 1.38 bits per heavy atom. The van der Waals surface area contributed by atoms with Crippen LogP contribution in [0.1, 0.15) is 28.5 Å². The number of pyridine rings is 1. The molecule has 7 nitrogen and oxygen atoms in total. The molecule has 0 unspecified atom stereocenters. The van der Waals surface area contributed by atoms with E-state index in [1.807, 2.05) is 9.58 Å². The van der Waals surface area contributed by atoms with Gasteiger partial charge < -0.3 is 9.88 Å². The maximum atomic E-state index is 12.7. The maximum absolute atomic E-state index is 12.7. The van der Waals surface area contributed by atoms with Crippen LogP contribution in [0.15, 0.2) is 36.9 Å². The number of rotatable bonds is 3. The van der Waals surface area contributed by atoms with Gasteiger partial charge in [0.05, 0.1) is 12.1 Å². The van der Waals surface area contributed by atoms with E-state index in [-0.39, 0.29) is 5.91 Å². The summed E-state index contributed by atoms with van der Waals surface area (Å²) in [7, 11) is 0. The molecular weight excluding hydrogens is 304 g/mol. The van der Waals surface area contributed by atoms with E-state index in [2.05, 4.69) is 21.9 Å². The third-order valence-corrected chi connectivity index (χ3v) is 4.35. The van der Waals surface area contributed by atoms with Crippen molar-refractivity contribution in [2.45, 2.75) is 26.4 Å². The summed E-state index contributed by atoms with van der Waals surface area (Å²) < 4.78 is 2.01. The number of nitrogens with zero attached hydrogens (tertiary/aromatic N) is 5. The first-order valence-corrected chi connectivity index (χ1v) is 8.05. The predicted molar refractivity (Wildman–Crippen MR) is 88.2 cm³/mol. The van der Waals surface area contributed by atoms with Gasteiger partial charge in [-0.15, -0.1) is 0 Å². The molecule has 3 aromatic heterocycles. The van der Waals surface area contributed by atoms with Gasteiger partial charge in [-0.25, -0.2) is 4.98 Å². The number of H-pyrrole nitrogens is 1. The summed E-state index contributed by atoms with van der Waals surface area (Å²) >= 11 is 0. The quantitative estimate of drug-likeness (QED) is 0.798. The van der Waals surface area contributed by atoms with Gasteiger partial charge in [-0.05, 0) is 19.1 Å². The van der Waals surface area contributed by atoms with E-state index >= 15 is 0 Å². The minimum atomic E-state index is 0.00314. The Morgan fingerprint density at radius 2 is 2.29 bits per heavy atom. The fraction of sp³-hybridized carbons (Fsp3) is 0.294. The number of aromatic amines is 1. The molecule has 0 radical (unpaired) electrons. The fourth-order valence-corrected chi connectivity index (χ4v) is 3.18. The molecule has 0 spiro atoms. The van der Waals surface area contributed by atoms with Gasteiger partial charge in [0.2, 0.25) is 0 Å². The van der Waals surface area contributed by atoms with Crippen molar-refractivity contribution in [1.82, 2.24) is 29.6 Å². The summed E-state index contributed by atoms with van der Waals surface area (Å²) in [6.45, 7) is 4.11. The van der Waals surface area contributed by atoms with Crippen LogP contribution >= 0.6 is 0 Å². The smallest absolute Gasteiger partial charge is 0.255 e. The largest absolute Gasteiger partial charge is 0.343 e. The first kappa shape index (κ1) is 14.6. The van der Waals surface area contributed by atoms with Gasteiger partial charge >= 0.3 is 0 Å². The molecular formula is C17H18N6O. The summed E-state index contributed by atoms with van der Waals surface area (Å²) in [6.07, 6.45) is 7.58. The van der Waals surface area contributed by atoms with Gasteiger partial charge in [-0.3, -0.25) is 14.5 Å². The summed E-state index contributed by atoms with van der Waals surface area (Å²) in [5.41, 5.74) is 3.72. The molecule has 0 saturated heterocycles. The first-order chi connectivity index (χ1) is 11.8. The Bertz CT molecular complexity index is 853. The average molecular weight is 322 g/mol. The summed E-state index contributed by atoms with van der Waals surface area (Å²) in [5, 5.41) is 4.69. The molecule has 7 heteroatoms. The first-order valence-electron chi connectivity index (χ1n) is 8.05. The summed E-state index contributed by atoms with van der Waals surface area (Å²) in [4.78, 5) is 26.1. The highest BCUT2D eigenvalue weighted by Gasteiger charge is 2.28. The predicted octanol–water partition coefficient (Wildman–Crippen LogP) is 1.89. The summed E-state index contributed by atoms with van der Waals surface area (Å²) in [5.74, 6) is 0.748. The second kappa shape index (κ2) is 5.92. The molecule has 24 heavy (non-hydrogen) atoms. The molecule has 0 atom stereocenters. The van der Waals surface area contributed by atoms with Gasteiger partial charge in [-0.2, -0.15) is 5.10 Å². The fourth-order valence-electron chi connectivity index (χ4n) is 3.18. The number of carbonyl (C=O) groups excluding carboxylic acids is 1. The van der Waals surface area contributed by atoms with Crippen LogP contribution in [-0.2, 0) is 19.5 Å². The molecule has 4 rings (SSSR count). The zero-order valence-electron chi connectivity index (χ0n) is 13.4. The number of hydrogen-bond donors (Lipinski definition) is 1. The van der Waals surface area contributed by atoms with E-state index in [1.54, 1.807) is 36.9 Å². The molecule has 0 bridgehead atoms. The minimum absolute atomic E-state index is 0.00314. The van der Waals surface area contributed by atoms with Crippen LogP contribution < -0.4 is 0 Å². The Hall–Kier alpha value is -2.96. The molecule has 1 aliphatic heterocycles. The van der Waals surface area contributed by atoms with Crippen LogP contribution in [0.4, 0.5) is 0 Å². The lowest BCUT2D eigenvalue weighted by Crippen LogP contribution is -2.36. The van der Waals surface area contributed by atoms with E-state index in [1.165, 1.54) is 5.69 Å². The SMILES string of the molecule is CCn1nc(-c2ncc[nH]2)c2c1CCN(C(=O)c1cccnc1)C2. The molecule has 0 fully saturated rings. The van der Waals surface area contributed by atoms with Crippen LogP contribution in [0.3, 0.4) is 0 Å². The van der Waals surface area contributed by atoms with Crippen LogP contribution in [0.25, 0.3) is 11.5 Å². The van der Waals surface area contributed by atoms with Crippen molar-refractivity contribution < 1.29 is 4.79 Å². The van der Waals surface area contributed by atoms with E-state index in [4.69, 9.17) is 5.10 Å². The molecule has 3 aromatic rings. The normalized spacial score (nSPS) is 13.8. The van der Waals surface area contributed by atoms with Crippen molar-refractivity contribution in [2.24, 2.45) is 0 Å². The molecule has 0 saturated carbocycles. The highest BCUT2D eigenvalue weighted by atomic mass is 16.2. The van der Waals surface area contributed by atoms with Crippen LogP contribution in [0, 0.1) is 0 Å². The van der Waals surface area contributed by atoms with Gasteiger partial charge in [-0.1, -0.05) is 0 Å². The Kier molecular flexibility index (Phi) is 3.60. The van der Waals surface area contributed by atoms with Crippen molar-refractivity contribution >= 4 is 5.91 Å². The number of imidazole rings is 1. The topological polar surface area (TPSA) is 79.7 Å². The molecule has 1 amide bonds. The third-order valence-electron chi connectivity index (χ3n) is 4.35. The van der Waals surface area contributed by atoms with Crippen molar-refractivity contribution in [3.8, 4) is 11.5 Å². The number of carbonyl (C=O) groups is 1. The minimum Gasteiger partial charge on any atom is -0.343 e.